The first-order chi connectivity index (χ1) is 11.9. The maximum atomic E-state index is 13.0. The zero-order valence-electron chi connectivity index (χ0n) is 13.5. The first-order valence-electron chi connectivity index (χ1n) is 7.06. The van der Waals surface area contributed by atoms with Gasteiger partial charge in [0.15, 0.2) is 0 Å². The molecule has 0 aliphatic carbocycles. The molecular weight excluding hydrogens is 366 g/mol. The average Bonchev–Trinajstić information content (AvgIpc) is 2.95. The predicted molar refractivity (Wildman–Crippen MR) is 79.9 cm³/mol. The first-order valence-corrected chi connectivity index (χ1v) is 7.06. The average molecular weight is 378 g/mol. The third-order valence-corrected chi connectivity index (χ3v) is 3.61. The number of nitrogens with zero attached hydrogens (tertiary/aromatic N) is 3. The molecule has 0 saturated heterocycles. The highest BCUT2D eigenvalue weighted by atomic mass is 19.4. The third-order valence-electron chi connectivity index (χ3n) is 3.61. The monoisotopic (exact) mass is 378 g/mol. The van der Waals surface area contributed by atoms with Crippen molar-refractivity contribution in [2.45, 2.75) is 31.2 Å². The number of ether oxygens (including phenoxy) is 1. The third kappa shape index (κ3) is 3.89. The largest absolute Gasteiger partial charge is 0.482 e. The van der Waals surface area contributed by atoms with Gasteiger partial charge in [-0.2, -0.15) is 36.7 Å². The minimum Gasteiger partial charge on any atom is -0.482 e. The molecule has 1 aliphatic heterocycles. The number of halogens is 6. The minimum atomic E-state index is -4.79. The van der Waals surface area contributed by atoms with Crippen molar-refractivity contribution >= 4 is 17.3 Å². The zero-order chi connectivity index (χ0) is 19.8. The highest BCUT2D eigenvalue weighted by Gasteiger charge is 2.47. The number of hydrazone groups is 1. The van der Waals surface area contributed by atoms with Crippen LogP contribution in [0.4, 0.5) is 32.0 Å². The maximum Gasteiger partial charge on any atom is 0.431 e. The van der Waals surface area contributed by atoms with Crippen LogP contribution in [0.5, 0.6) is 0 Å². The number of hydrogen-bond acceptors (Lipinski definition) is 5. The molecule has 1 unspecified atom stereocenters. The van der Waals surface area contributed by atoms with E-state index in [1.54, 1.807) is 0 Å². The van der Waals surface area contributed by atoms with E-state index in [4.69, 9.17) is 10.00 Å². The Hall–Kier alpha value is -2.77. The Kier molecular flexibility index (Phi) is 4.90. The lowest BCUT2D eigenvalue weighted by atomic mass is 9.96. The van der Waals surface area contributed by atoms with E-state index in [9.17, 15) is 26.3 Å². The molecule has 11 heteroatoms. The quantitative estimate of drug-likeness (QED) is 0.482. The highest BCUT2D eigenvalue weighted by Crippen LogP contribution is 2.35. The van der Waals surface area contributed by atoms with Crippen LogP contribution in [-0.4, -0.2) is 30.4 Å². The lowest BCUT2D eigenvalue weighted by molar-refractivity contribution is -0.137. The van der Waals surface area contributed by atoms with E-state index in [-0.39, 0.29) is 11.6 Å². The molecular formula is C15H12F6N4O. The Bertz CT molecular complexity index is 806. The summed E-state index contributed by atoms with van der Waals surface area (Å²) in [6.07, 6.45) is -10.0. The van der Waals surface area contributed by atoms with Gasteiger partial charge in [-0.15, -0.1) is 0 Å². The van der Waals surface area contributed by atoms with Crippen LogP contribution in [0.25, 0.3) is 0 Å². The van der Waals surface area contributed by atoms with Gasteiger partial charge < -0.3 is 4.74 Å². The Morgan fingerprint density at radius 1 is 1.27 bits per heavy atom. The molecule has 5 nitrogen and oxygen atoms in total. The predicted octanol–water partition coefficient (Wildman–Crippen LogP) is 3.92. The molecule has 0 saturated carbocycles. The van der Waals surface area contributed by atoms with Crippen LogP contribution in [0.1, 0.15) is 24.5 Å². The van der Waals surface area contributed by atoms with Crippen LogP contribution in [0.2, 0.25) is 0 Å². The Labute approximate surface area is 144 Å². The molecule has 0 amide bonds. The minimum absolute atomic E-state index is 0.225. The van der Waals surface area contributed by atoms with Crippen molar-refractivity contribution in [3.63, 3.8) is 0 Å². The Morgan fingerprint density at radius 2 is 1.92 bits per heavy atom. The van der Waals surface area contributed by atoms with Crippen molar-refractivity contribution in [1.82, 2.24) is 5.43 Å². The van der Waals surface area contributed by atoms with Gasteiger partial charge in [0.2, 0.25) is 5.90 Å². The van der Waals surface area contributed by atoms with Gasteiger partial charge >= 0.3 is 12.4 Å². The SMILES string of the molecule is CO/C(=N\c1ccc(C#N)c(C(F)(F)F)c1)C1(C)CC(C(F)(F)F)=NN1. The number of methoxy groups -OCH3 is 1. The summed E-state index contributed by atoms with van der Waals surface area (Å²) in [6, 6.07) is 4.12. The van der Waals surface area contributed by atoms with Crippen molar-refractivity contribution in [2.24, 2.45) is 10.1 Å². The molecule has 0 aromatic heterocycles. The van der Waals surface area contributed by atoms with Crippen molar-refractivity contribution in [3.05, 3.63) is 29.3 Å². The number of rotatable bonds is 2. The van der Waals surface area contributed by atoms with Crippen LogP contribution in [0, 0.1) is 11.3 Å². The van der Waals surface area contributed by atoms with E-state index >= 15 is 0 Å². The molecule has 1 aliphatic rings. The van der Waals surface area contributed by atoms with Crippen LogP contribution in [0.15, 0.2) is 28.3 Å². The number of aliphatic imine (C=N–C) groups is 1. The second kappa shape index (κ2) is 6.51. The lowest BCUT2D eigenvalue weighted by Crippen LogP contribution is -2.45. The highest BCUT2D eigenvalue weighted by molar-refractivity contribution is 6.00. The van der Waals surface area contributed by atoms with E-state index in [0.717, 1.165) is 19.2 Å². The van der Waals surface area contributed by atoms with E-state index in [2.05, 4.69) is 15.5 Å². The summed E-state index contributed by atoms with van der Waals surface area (Å²) in [5.41, 5.74) is -2.32. The van der Waals surface area contributed by atoms with Gasteiger partial charge in [0.25, 0.3) is 0 Å². The molecule has 1 N–H and O–H groups in total. The number of benzene rings is 1. The summed E-state index contributed by atoms with van der Waals surface area (Å²) in [7, 11) is 1.13. The van der Waals surface area contributed by atoms with Crippen LogP contribution in [-0.2, 0) is 10.9 Å². The standard InChI is InChI=1S/C15H12F6N4O/c1-13(6-11(24-25-13)15(19,20)21)12(26-2)23-9-4-3-8(7-22)10(5-9)14(16,17)18/h3-5,25H,6H2,1-2H3/b23-12-. The van der Waals surface area contributed by atoms with Crippen molar-refractivity contribution in [1.29, 1.82) is 5.26 Å². The van der Waals surface area contributed by atoms with E-state index in [1.807, 2.05) is 0 Å². The summed E-state index contributed by atoms with van der Waals surface area (Å²) in [5.74, 6) is -0.279. The number of alkyl halides is 6. The van der Waals surface area contributed by atoms with Crippen molar-refractivity contribution in [3.8, 4) is 6.07 Å². The van der Waals surface area contributed by atoms with E-state index in [1.165, 1.54) is 13.0 Å². The van der Waals surface area contributed by atoms with Gasteiger partial charge in [-0.05, 0) is 25.1 Å². The van der Waals surface area contributed by atoms with E-state index < -0.39 is 41.2 Å². The normalized spacial score (nSPS) is 21.0. The van der Waals surface area contributed by atoms with Crippen LogP contribution in [0.3, 0.4) is 0 Å². The second-order valence-corrected chi connectivity index (χ2v) is 5.64. The van der Waals surface area contributed by atoms with Gasteiger partial charge in [0.05, 0.1) is 30.0 Å². The fourth-order valence-electron chi connectivity index (χ4n) is 2.34. The second-order valence-electron chi connectivity index (χ2n) is 5.64. The molecule has 26 heavy (non-hydrogen) atoms. The fourth-order valence-corrected chi connectivity index (χ4v) is 2.34. The Balaban J connectivity index is 2.40. The molecule has 1 atom stereocenters. The zero-order valence-corrected chi connectivity index (χ0v) is 13.5. The first kappa shape index (κ1) is 19.6. The topological polar surface area (TPSA) is 69.8 Å². The van der Waals surface area contributed by atoms with Gasteiger partial charge in [-0.1, -0.05) is 0 Å². The van der Waals surface area contributed by atoms with Crippen LogP contribution >= 0.6 is 0 Å². The van der Waals surface area contributed by atoms with Gasteiger partial charge in [0.1, 0.15) is 11.3 Å². The molecule has 1 heterocycles. The van der Waals surface area contributed by atoms with Gasteiger partial charge in [-0.25, -0.2) is 4.99 Å². The molecule has 0 spiro atoms. The van der Waals surface area contributed by atoms with Gasteiger partial charge in [-0.3, -0.25) is 5.43 Å². The number of nitrogens with one attached hydrogen (secondary N) is 1. The van der Waals surface area contributed by atoms with E-state index in [0.29, 0.717) is 6.07 Å². The van der Waals surface area contributed by atoms with Crippen LogP contribution < -0.4 is 5.43 Å². The Morgan fingerprint density at radius 3 is 2.38 bits per heavy atom. The molecule has 2 rings (SSSR count). The van der Waals surface area contributed by atoms with Gasteiger partial charge in [0, 0.05) is 6.42 Å². The van der Waals surface area contributed by atoms with Crippen molar-refractivity contribution < 1.29 is 31.1 Å². The molecule has 0 fully saturated rings. The summed E-state index contributed by atoms with van der Waals surface area (Å²) in [5, 5.41) is 12.0. The molecule has 0 radical (unpaired) electrons. The maximum absolute atomic E-state index is 13.0. The molecule has 1 aromatic rings. The molecule has 1 aromatic carbocycles. The molecule has 140 valence electrons. The summed E-state index contributed by atoms with van der Waals surface area (Å²) >= 11 is 0. The smallest absolute Gasteiger partial charge is 0.431 e. The number of nitriles is 1. The van der Waals surface area contributed by atoms with Crippen molar-refractivity contribution in [2.75, 3.05) is 7.11 Å². The summed E-state index contributed by atoms with van der Waals surface area (Å²) < 4.78 is 82.3. The fraction of sp³-hybridized carbons (Fsp3) is 0.400. The summed E-state index contributed by atoms with van der Waals surface area (Å²) in [6.45, 7) is 1.33. The number of hydrogen-bond donors (Lipinski definition) is 1. The summed E-state index contributed by atoms with van der Waals surface area (Å²) in [4.78, 5) is 3.88. The molecule has 0 bridgehead atoms. The lowest BCUT2D eigenvalue weighted by Gasteiger charge is -2.24.